The molecule has 6 nitrogen and oxygen atoms in total. The maximum absolute atomic E-state index is 12.4. The van der Waals surface area contributed by atoms with Crippen LogP contribution in [0.1, 0.15) is 39.5 Å². The molecule has 0 spiro atoms. The highest BCUT2D eigenvalue weighted by molar-refractivity contribution is 5.77. The molecule has 23 heavy (non-hydrogen) atoms. The molecule has 6 heteroatoms. The van der Waals surface area contributed by atoms with Gasteiger partial charge in [0.2, 0.25) is 5.95 Å². The van der Waals surface area contributed by atoms with Gasteiger partial charge in [0.15, 0.2) is 0 Å². The zero-order valence-electron chi connectivity index (χ0n) is 14.0. The fourth-order valence-corrected chi connectivity index (χ4v) is 3.25. The SMILES string of the molecule is CC#CCn1c(N[C@@H]2CCCC[C@H]2C)nc2cnn(C)c(=O)c21. The molecule has 0 unspecified atom stereocenters. The highest BCUT2D eigenvalue weighted by Crippen LogP contribution is 2.27. The van der Waals surface area contributed by atoms with Gasteiger partial charge >= 0.3 is 0 Å². The molecule has 1 saturated carbocycles. The Morgan fingerprint density at radius 2 is 2.17 bits per heavy atom. The monoisotopic (exact) mass is 313 g/mol. The van der Waals surface area contributed by atoms with Crippen LogP contribution in [0.4, 0.5) is 5.95 Å². The Kier molecular flexibility index (Phi) is 4.37. The van der Waals surface area contributed by atoms with Crippen LogP contribution in [0, 0.1) is 17.8 Å². The van der Waals surface area contributed by atoms with Crippen LogP contribution in [-0.2, 0) is 13.6 Å². The van der Waals surface area contributed by atoms with Crippen molar-refractivity contribution in [3.05, 3.63) is 16.6 Å². The molecule has 1 N–H and O–H groups in total. The van der Waals surface area contributed by atoms with Crippen LogP contribution in [-0.4, -0.2) is 25.4 Å². The molecule has 0 amide bonds. The zero-order valence-corrected chi connectivity index (χ0v) is 14.0. The van der Waals surface area contributed by atoms with Gasteiger partial charge in [-0.1, -0.05) is 25.7 Å². The number of hydrogen-bond donors (Lipinski definition) is 1. The van der Waals surface area contributed by atoms with E-state index in [-0.39, 0.29) is 5.56 Å². The summed E-state index contributed by atoms with van der Waals surface area (Å²) in [5, 5.41) is 7.62. The molecule has 2 aromatic rings. The normalized spacial score (nSPS) is 21.0. The molecule has 1 aliphatic rings. The summed E-state index contributed by atoms with van der Waals surface area (Å²) in [6.45, 7) is 4.53. The summed E-state index contributed by atoms with van der Waals surface area (Å²) < 4.78 is 3.23. The van der Waals surface area contributed by atoms with Crippen molar-refractivity contribution in [1.29, 1.82) is 0 Å². The van der Waals surface area contributed by atoms with E-state index in [2.05, 4.69) is 34.2 Å². The van der Waals surface area contributed by atoms with E-state index in [1.165, 1.54) is 23.9 Å². The molecular weight excluding hydrogens is 290 g/mol. The van der Waals surface area contributed by atoms with Gasteiger partial charge in [0.05, 0.1) is 12.7 Å². The number of nitrogens with zero attached hydrogens (tertiary/aromatic N) is 4. The third-order valence-electron chi connectivity index (χ3n) is 4.68. The van der Waals surface area contributed by atoms with E-state index in [1.807, 2.05) is 4.57 Å². The van der Waals surface area contributed by atoms with Gasteiger partial charge in [-0.3, -0.25) is 9.36 Å². The number of hydrogen-bond acceptors (Lipinski definition) is 4. The third kappa shape index (κ3) is 2.96. The molecule has 3 rings (SSSR count). The van der Waals surface area contributed by atoms with Crippen molar-refractivity contribution < 1.29 is 0 Å². The highest BCUT2D eigenvalue weighted by Gasteiger charge is 2.24. The van der Waals surface area contributed by atoms with Gasteiger partial charge in [0, 0.05) is 13.1 Å². The Bertz CT molecular complexity index is 823. The Balaban J connectivity index is 2.05. The second-order valence-electron chi connectivity index (χ2n) is 6.27. The zero-order chi connectivity index (χ0) is 16.4. The largest absolute Gasteiger partial charge is 0.353 e. The molecule has 0 saturated heterocycles. The first kappa shape index (κ1) is 15.6. The summed E-state index contributed by atoms with van der Waals surface area (Å²) in [5.41, 5.74) is 1.05. The summed E-state index contributed by atoms with van der Waals surface area (Å²) in [5.74, 6) is 7.27. The summed E-state index contributed by atoms with van der Waals surface area (Å²) in [6, 6.07) is 0.394. The number of imidazole rings is 1. The predicted molar refractivity (Wildman–Crippen MR) is 91.3 cm³/mol. The first-order valence-electron chi connectivity index (χ1n) is 8.20. The molecule has 2 atom stereocenters. The van der Waals surface area contributed by atoms with E-state index in [9.17, 15) is 4.79 Å². The van der Waals surface area contributed by atoms with Crippen LogP contribution >= 0.6 is 0 Å². The quantitative estimate of drug-likeness (QED) is 0.882. The van der Waals surface area contributed by atoms with Crippen LogP contribution in [0.15, 0.2) is 11.0 Å². The molecule has 1 fully saturated rings. The highest BCUT2D eigenvalue weighted by atomic mass is 16.1. The molecule has 0 aliphatic heterocycles. The van der Waals surface area contributed by atoms with Crippen LogP contribution in [0.3, 0.4) is 0 Å². The van der Waals surface area contributed by atoms with E-state index in [4.69, 9.17) is 0 Å². The van der Waals surface area contributed by atoms with Gasteiger partial charge in [0.1, 0.15) is 11.0 Å². The first-order valence-corrected chi connectivity index (χ1v) is 8.20. The molecular formula is C17H23N5O. The average molecular weight is 313 g/mol. The van der Waals surface area contributed by atoms with E-state index in [0.717, 1.165) is 12.4 Å². The van der Waals surface area contributed by atoms with Crippen molar-refractivity contribution in [3.8, 4) is 11.8 Å². The Labute approximate surface area is 135 Å². The van der Waals surface area contributed by atoms with Crippen molar-refractivity contribution in [2.45, 2.75) is 52.1 Å². The van der Waals surface area contributed by atoms with Gasteiger partial charge in [-0.15, -0.1) is 5.92 Å². The van der Waals surface area contributed by atoms with Crippen molar-refractivity contribution >= 4 is 17.0 Å². The number of fused-ring (bicyclic) bond motifs is 1. The van der Waals surface area contributed by atoms with Gasteiger partial charge in [-0.25, -0.2) is 9.67 Å². The van der Waals surface area contributed by atoms with Crippen LogP contribution in [0.5, 0.6) is 0 Å². The average Bonchev–Trinajstić information content (AvgIpc) is 2.89. The number of aromatic nitrogens is 4. The second-order valence-corrected chi connectivity index (χ2v) is 6.27. The van der Waals surface area contributed by atoms with Gasteiger partial charge in [0.25, 0.3) is 5.56 Å². The second kappa shape index (κ2) is 6.45. The minimum Gasteiger partial charge on any atom is -0.353 e. The lowest BCUT2D eigenvalue weighted by molar-refractivity contribution is 0.347. The third-order valence-corrected chi connectivity index (χ3v) is 4.68. The standard InChI is InChI=1S/C17H23N5O/c1-4-5-10-22-15-14(11-18-21(3)16(15)23)20-17(22)19-13-9-7-6-8-12(13)2/h11-13H,6-10H2,1-3H3,(H,19,20)/t12-,13-/m1/s1. The van der Waals surface area contributed by atoms with Crippen molar-refractivity contribution in [2.24, 2.45) is 13.0 Å². The van der Waals surface area contributed by atoms with Crippen LogP contribution in [0.25, 0.3) is 11.0 Å². The van der Waals surface area contributed by atoms with Gasteiger partial charge in [-0.05, 0) is 25.7 Å². The fourth-order valence-electron chi connectivity index (χ4n) is 3.25. The molecule has 2 heterocycles. The fraction of sp³-hybridized carbons (Fsp3) is 0.588. The van der Waals surface area contributed by atoms with E-state index < -0.39 is 0 Å². The first-order chi connectivity index (χ1) is 11.1. The number of anilines is 1. The topological polar surface area (TPSA) is 64.7 Å². The lowest BCUT2D eigenvalue weighted by Gasteiger charge is -2.29. The lowest BCUT2D eigenvalue weighted by Crippen LogP contribution is -2.31. The maximum atomic E-state index is 12.4. The minimum atomic E-state index is -0.141. The molecule has 122 valence electrons. The lowest BCUT2D eigenvalue weighted by atomic mass is 9.86. The smallest absolute Gasteiger partial charge is 0.292 e. The summed E-state index contributed by atoms with van der Waals surface area (Å²) in [4.78, 5) is 17.1. The number of nitrogens with one attached hydrogen (secondary N) is 1. The van der Waals surface area contributed by atoms with E-state index in [0.29, 0.717) is 29.5 Å². The molecule has 0 bridgehead atoms. The molecule has 0 radical (unpaired) electrons. The maximum Gasteiger partial charge on any atom is 0.292 e. The Morgan fingerprint density at radius 3 is 2.91 bits per heavy atom. The summed E-state index contributed by atoms with van der Waals surface area (Å²) in [7, 11) is 1.65. The minimum absolute atomic E-state index is 0.141. The molecule has 2 aromatic heterocycles. The predicted octanol–water partition coefficient (Wildman–Crippen LogP) is 2.14. The number of rotatable bonds is 3. The van der Waals surface area contributed by atoms with Crippen LogP contribution < -0.4 is 10.9 Å². The molecule has 1 aliphatic carbocycles. The van der Waals surface area contributed by atoms with Gasteiger partial charge < -0.3 is 5.32 Å². The van der Waals surface area contributed by atoms with Crippen molar-refractivity contribution in [3.63, 3.8) is 0 Å². The van der Waals surface area contributed by atoms with Crippen molar-refractivity contribution in [2.75, 3.05) is 5.32 Å². The Morgan fingerprint density at radius 1 is 1.39 bits per heavy atom. The van der Waals surface area contributed by atoms with Crippen LogP contribution in [0.2, 0.25) is 0 Å². The number of aryl methyl sites for hydroxylation is 1. The Hall–Kier alpha value is -2.29. The summed E-state index contributed by atoms with van der Waals surface area (Å²) >= 11 is 0. The summed E-state index contributed by atoms with van der Waals surface area (Å²) in [6.07, 6.45) is 6.54. The van der Waals surface area contributed by atoms with Gasteiger partial charge in [-0.2, -0.15) is 5.10 Å². The van der Waals surface area contributed by atoms with Crippen molar-refractivity contribution in [1.82, 2.24) is 19.3 Å². The van der Waals surface area contributed by atoms with E-state index >= 15 is 0 Å². The molecule has 0 aromatic carbocycles. The van der Waals surface area contributed by atoms with E-state index in [1.54, 1.807) is 20.2 Å².